The second-order valence-corrected chi connectivity index (χ2v) is 3.70. The van der Waals surface area contributed by atoms with E-state index in [1.165, 1.54) is 12.4 Å². The Morgan fingerprint density at radius 1 is 1.12 bits per heavy atom. The van der Waals surface area contributed by atoms with Crippen LogP contribution in [0.5, 0.6) is 0 Å². The molecule has 0 aliphatic rings. The first-order chi connectivity index (χ1) is 8.34. The Morgan fingerprint density at radius 3 is 2.88 bits per heavy atom. The number of aromatic nitrogens is 3. The van der Waals surface area contributed by atoms with Crippen LogP contribution in [0.4, 0.5) is 0 Å². The number of rotatable bonds is 1. The first-order valence-corrected chi connectivity index (χ1v) is 5.22. The summed E-state index contributed by atoms with van der Waals surface area (Å²) in [5.74, 6) is 0. The van der Waals surface area contributed by atoms with Crippen LogP contribution in [0.25, 0.3) is 22.0 Å². The zero-order chi connectivity index (χ0) is 11.7. The molecule has 2 heterocycles. The smallest absolute Gasteiger partial charge is 0.251 e. The third-order valence-corrected chi connectivity index (χ3v) is 2.62. The molecule has 3 aromatic rings. The fraction of sp³-hybridized carbons (Fsp3) is 0. The van der Waals surface area contributed by atoms with Gasteiger partial charge in [0.1, 0.15) is 0 Å². The summed E-state index contributed by atoms with van der Waals surface area (Å²) in [7, 11) is 0. The quantitative estimate of drug-likeness (QED) is 0.686. The molecule has 17 heavy (non-hydrogen) atoms. The predicted octanol–water partition coefficient (Wildman–Crippen LogP) is 1.99. The Morgan fingerprint density at radius 2 is 2.00 bits per heavy atom. The van der Waals surface area contributed by atoms with Gasteiger partial charge in [-0.2, -0.15) is 0 Å². The van der Waals surface area contributed by atoms with E-state index in [9.17, 15) is 4.79 Å². The van der Waals surface area contributed by atoms with Crippen molar-refractivity contribution in [3.05, 3.63) is 59.4 Å². The average molecular weight is 223 g/mol. The molecule has 3 rings (SSSR count). The Bertz CT molecular complexity index is 728. The highest BCUT2D eigenvalue weighted by Gasteiger charge is 2.05. The molecule has 1 aromatic carbocycles. The van der Waals surface area contributed by atoms with Crippen LogP contribution < -0.4 is 5.56 Å². The largest absolute Gasteiger partial charge is 0.313 e. The van der Waals surface area contributed by atoms with E-state index in [-0.39, 0.29) is 5.56 Å². The molecule has 0 amide bonds. The van der Waals surface area contributed by atoms with Gasteiger partial charge in [0.2, 0.25) is 0 Å². The lowest BCUT2D eigenvalue weighted by atomic mass is 10.1. The highest BCUT2D eigenvalue weighted by Crippen LogP contribution is 2.24. The van der Waals surface area contributed by atoms with Crippen molar-refractivity contribution in [2.45, 2.75) is 0 Å². The van der Waals surface area contributed by atoms with Crippen LogP contribution in [0.1, 0.15) is 0 Å². The predicted molar refractivity (Wildman–Crippen MR) is 65.6 cm³/mol. The number of pyridine rings is 1. The molecular formula is C13H9N3O. The van der Waals surface area contributed by atoms with Crippen molar-refractivity contribution in [1.82, 2.24) is 15.0 Å². The van der Waals surface area contributed by atoms with Crippen LogP contribution in [-0.2, 0) is 0 Å². The molecule has 0 bridgehead atoms. The normalized spacial score (nSPS) is 10.6. The standard InChI is InChI=1S/C13H9N3O/c17-13-5-12(15-8-16-13)11-7-14-6-9-3-1-2-4-10(9)11/h1-8H,(H,15,16,17). The number of nitrogens with one attached hydrogen (secondary N) is 1. The minimum Gasteiger partial charge on any atom is -0.313 e. The maximum Gasteiger partial charge on any atom is 0.251 e. The van der Waals surface area contributed by atoms with Crippen LogP contribution in [0.2, 0.25) is 0 Å². The van der Waals surface area contributed by atoms with Gasteiger partial charge in [0.15, 0.2) is 0 Å². The molecule has 0 saturated carbocycles. The maximum atomic E-state index is 11.3. The van der Waals surface area contributed by atoms with Gasteiger partial charge in [0.25, 0.3) is 5.56 Å². The molecule has 4 heteroatoms. The summed E-state index contributed by atoms with van der Waals surface area (Å²) in [4.78, 5) is 22.1. The topological polar surface area (TPSA) is 58.6 Å². The number of hydrogen-bond donors (Lipinski definition) is 1. The number of fused-ring (bicyclic) bond motifs is 1. The molecule has 0 aliphatic heterocycles. The molecule has 0 spiro atoms. The molecule has 0 atom stereocenters. The Kier molecular flexibility index (Phi) is 2.19. The summed E-state index contributed by atoms with van der Waals surface area (Å²) in [6.45, 7) is 0. The van der Waals surface area contributed by atoms with E-state index in [1.54, 1.807) is 12.4 Å². The van der Waals surface area contributed by atoms with Gasteiger partial charge in [0, 0.05) is 29.4 Å². The van der Waals surface area contributed by atoms with Crippen molar-refractivity contribution in [3.63, 3.8) is 0 Å². The van der Waals surface area contributed by atoms with Gasteiger partial charge in [-0.15, -0.1) is 0 Å². The third-order valence-electron chi connectivity index (χ3n) is 2.62. The van der Waals surface area contributed by atoms with Crippen LogP contribution >= 0.6 is 0 Å². The fourth-order valence-corrected chi connectivity index (χ4v) is 1.84. The zero-order valence-corrected chi connectivity index (χ0v) is 8.92. The Balaban J connectivity index is 2.34. The molecule has 0 fully saturated rings. The SMILES string of the molecule is O=c1cc(-c2cncc3ccccc23)nc[nH]1. The van der Waals surface area contributed by atoms with E-state index in [0.29, 0.717) is 5.69 Å². The molecule has 0 saturated heterocycles. The number of nitrogens with zero attached hydrogens (tertiary/aromatic N) is 2. The van der Waals surface area contributed by atoms with Gasteiger partial charge < -0.3 is 4.98 Å². The first-order valence-electron chi connectivity index (χ1n) is 5.22. The highest BCUT2D eigenvalue weighted by atomic mass is 16.1. The van der Waals surface area contributed by atoms with Crippen molar-refractivity contribution < 1.29 is 0 Å². The zero-order valence-electron chi connectivity index (χ0n) is 8.92. The fourth-order valence-electron chi connectivity index (χ4n) is 1.84. The van der Waals surface area contributed by atoms with Gasteiger partial charge in [-0.3, -0.25) is 9.78 Å². The molecule has 0 radical (unpaired) electrons. The van der Waals surface area contributed by atoms with Gasteiger partial charge in [-0.1, -0.05) is 24.3 Å². The summed E-state index contributed by atoms with van der Waals surface area (Å²) in [5.41, 5.74) is 1.34. The van der Waals surface area contributed by atoms with Gasteiger partial charge in [-0.05, 0) is 5.39 Å². The van der Waals surface area contributed by atoms with Crippen LogP contribution in [-0.4, -0.2) is 15.0 Å². The van der Waals surface area contributed by atoms with Crippen molar-refractivity contribution in [2.75, 3.05) is 0 Å². The van der Waals surface area contributed by atoms with Crippen molar-refractivity contribution in [2.24, 2.45) is 0 Å². The number of benzene rings is 1. The van der Waals surface area contributed by atoms with Gasteiger partial charge >= 0.3 is 0 Å². The van der Waals surface area contributed by atoms with E-state index < -0.39 is 0 Å². The molecule has 1 N–H and O–H groups in total. The van der Waals surface area contributed by atoms with Crippen LogP contribution in [0, 0.1) is 0 Å². The number of hydrogen-bond acceptors (Lipinski definition) is 3. The van der Waals surface area contributed by atoms with E-state index in [4.69, 9.17) is 0 Å². The van der Waals surface area contributed by atoms with E-state index >= 15 is 0 Å². The van der Waals surface area contributed by atoms with Crippen molar-refractivity contribution >= 4 is 10.8 Å². The van der Waals surface area contributed by atoms with Gasteiger partial charge in [0.05, 0.1) is 12.0 Å². The van der Waals surface area contributed by atoms with Crippen LogP contribution in [0.15, 0.2) is 53.8 Å². The van der Waals surface area contributed by atoms with Crippen LogP contribution in [0.3, 0.4) is 0 Å². The summed E-state index contributed by atoms with van der Waals surface area (Å²) in [6, 6.07) is 9.37. The van der Waals surface area contributed by atoms with E-state index in [1.807, 2.05) is 24.3 Å². The minimum absolute atomic E-state index is 0.164. The first kappa shape index (κ1) is 9.72. The summed E-state index contributed by atoms with van der Waals surface area (Å²) >= 11 is 0. The lowest BCUT2D eigenvalue weighted by Crippen LogP contribution is -2.04. The highest BCUT2D eigenvalue weighted by molar-refractivity contribution is 5.94. The van der Waals surface area contributed by atoms with Crippen molar-refractivity contribution in [1.29, 1.82) is 0 Å². The number of H-pyrrole nitrogens is 1. The molecule has 4 nitrogen and oxygen atoms in total. The average Bonchev–Trinajstić information content (AvgIpc) is 2.38. The third kappa shape index (κ3) is 1.69. The molecular weight excluding hydrogens is 214 g/mol. The monoisotopic (exact) mass is 223 g/mol. The summed E-state index contributed by atoms with van der Waals surface area (Å²) < 4.78 is 0. The van der Waals surface area contributed by atoms with E-state index in [0.717, 1.165) is 16.3 Å². The lowest BCUT2D eigenvalue weighted by molar-refractivity contribution is 1.12. The second-order valence-electron chi connectivity index (χ2n) is 3.70. The molecule has 2 aromatic heterocycles. The Labute approximate surface area is 97.0 Å². The molecule has 0 unspecified atom stereocenters. The summed E-state index contributed by atoms with van der Waals surface area (Å²) in [6.07, 6.45) is 4.93. The molecule has 82 valence electrons. The van der Waals surface area contributed by atoms with E-state index in [2.05, 4.69) is 15.0 Å². The minimum atomic E-state index is -0.164. The maximum absolute atomic E-state index is 11.3. The summed E-state index contributed by atoms with van der Waals surface area (Å²) in [5, 5.41) is 2.08. The van der Waals surface area contributed by atoms with Gasteiger partial charge in [-0.25, -0.2) is 4.98 Å². The lowest BCUT2D eigenvalue weighted by Gasteiger charge is -2.04. The Hall–Kier alpha value is -2.49. The second kappa shape index (κ2) is 3.83. The molecule has 0 aliphatic carbocycles. The number of aromatic amines is 1. The van der Waals surface area contributed by atoms with Crippen molar-refractivity contribution in [3.8, 4) is 11.3 Å².